The second-order valence-electron chi connectivity index (χ2n) is 6.53. The van der Waals surface area contributed by atoms with Crippen LogP contribution in [0.2, 0.25) is 0 Å². The Labute approximate surface area is 125 Å². The number of allylic oxidation sites excluding steroid dienone is 7. The lowest BCUT2D eigenvalue weighted by atomic mass is 9.73. The molecule has 0 aromatic carbocycles. The summed E-state index contributed by atoms with van der Waals surface area (Å²) >= 11 is 0. The first-order chi connectivity index (χ1) is 10.4. The fourth-order valence-corrected chi connectivity index (χ4v) is 4.50. The number of rotatable bonds is 0. The van der Waals surface area contributed by atoms with Gasteiger partial charge in [-0.25, -0.2) is 0 Å². The van der Waals surface area contributed by atoms with Crippen molar-refractivity contribution in [2.45, 2.75) is 19.3 Å². The van der Waals surface area contributed by atoms with Gasteiger partial charge in [0.15, 0.2) is 0 Å². The van der Waals surface area contributed by atoms with Crippen LogP contribution in [0.4, 0.5) is 0 Å². The number of hydrogen-bond donors (Lipinski definition) is 2. The van der Waals surface area contributed by atoms with Crippen molar-refractivity contribution in [1.29, 1.82) is 0 Å². The molecule has 5 rings (SSSR count). The molecule has 0 saturated carbocycles. The van der Waals surface area contributed by atoms with Crippen molar-refractivity contribution < 1.29 is 0 Å². The monoisotopic (exact) mass is 276 g/mol. The van der Waals surface area contributed by atoms with Crippen molar-refractivity contribution in [3.8, 4) is 0 Å². The van der Waals surface area contributed by atoms with E-state index in [1.807, 2.05) is 0 Å². The van der Waals surface area contributed by atoms with Gasteiger partial charge in [-0.1, -0.05) is 29.4 Å². The Morgan fingerprint density at radius 1 is 0.952 bits per heavy atom. The minimum atomic E-state index is 0.545. The first-order valence-electron chi connectivity index (χ1n) is 8.10. The maximum absolute atomic E-state index is 3.52. The van der Waals surface area contributed by atoms with Crippen molar-refractivity contribution in [3.05, 3.63) is 69.5 Å². The molecule has 2 N–H and O–H groups in total. The maximum Gasteiger partial charge on any atom is 0.0398 e. The van der Waals surface area contributed by atoms with E-state index in [9.17, 15) is 0 Å². The van der Waals surface area contributed by atoms with E-state index in [1.165, 1.54) is 36.0 Å². The SMILES string of the molecule is C1=CC2=C3C=CC4=C(CCC5=C4CCNC5)C3C=C2CN1. The van der Waals surface area contributed by atoms with E-state index in [0.29, 0.717) is 5.92 Å². The summed E-state index contributed by atoms with van der Waals surface area (Å²) in [4.78, 5) is 0. The summed E-state index contributed by atoms with van der Waals surface area (Å²) in [7, 11) is 0. The Balaban J connectivity index is 1.64. The Hall–Kier alpha value is -1.80. The van der Waals surface area contributed by atoms with Crippen molar-refractivity contribution in [3.63, 3.8) is 0 Å². The molecule has 0 radical (unpaired) electrons. The lowest BCUT2D eigenvalue weighted by Gasteiger charge is -2.33. The second kappa shape index (κ2) is 4.35. The summed E-state index contributed by atoms with van der Waals surface area (Å²) in [5.74, 6) is 0.545. The van der Waals surface area contributed by atoms with Gasteiger partial charge in [0.2, 0.25) is 0 Å². The quantitative estimate of drug-likeness (QED) is 0.711. The molecule has 1 unspecified atom stereocenters. The van der Waals surface area contributed by atoms with E-state index in [2.05, 4.69) is 41.1 Å². The molecule has 0 saturated heterocycles. The molecule has 0 spiro atoms. The fourth-order valence-electron chi connectivity index (χ4n) is 4.50. The predicted molar refractivity (Wildman–Crippen MR) is 85.7 cm³/mol. The van der Waals surface area contributed by atoms with Crippen LogP contribution in [0.1, 0.15) is 19.3 Å². The molecule has 0 amide bonds. The second-order valence-corrected chi connectivity index (χ2v) is 6.53. The summed E-state index contributed by atoms with van der Waals surface area (Å²) in [6, 6.07) is 0. The van der Waals surface area contributed by atoms with E-state index >= 15 is 0 Å². The Morgan fingerprint density at radius 2 is 1.95 bits per heavy atom. The van der Waals surface area contributed by atoms with E-state index in [-0.39, 0.29) is 0 Å². The van der Waals surface area contributed by atoms with Crippen LogP contribution in [0, 0.1) is 5.92 Å². The first-order valence-corrected chi connectivity index (χ1v) is 8.10. The minimum absolute atomic E-state index is 0.545. The zero-order valence-corrected chi connectivity index (χ0v) is 12.2. The van der Waals surface area contributed by atoms with Crippen molar-refractivity contribution >= 4 is 0 Å². The molecule has 2 heterocycles. The van der Waals surface area contributed by atoms with Gasteiger partial charge in [-0.2, -0.15) is 0 Å². The van der Waals surface area contributed by atoms with E-state index in [4.69, 9.17) is 0 Å². The van der Waals surface area contributed by atoms with Crippen LogP contribution < -0.4 is 10.6 Å². The molecular weight excluding hydrogens is 256 g/mol. The number of fused-ring (bicyclic) bond motifs is 4. The van der Waals surface area contributed by atoms with Crippen LogP contribution >= 0.6 is 0 Å². The lowest BCUT2D eigenvalue weighted by molar-refractivity contribution is 0.631. The highest BCUT2D eigenvalue weighted by Gasteiger charge is 2.34. The van der Waals surface area contributed by atoms with Crippen LogP contribution in [-0.2, 0) is 0 Å². The average Bonchev–Trinajstić information content (AvgIpc) is 2.93. The Morgan fingerprint density at radius 3 is 2.95 bits per heavy atom. The van der Waals surface area contributed by atoms with Crippen LogP contribution in [-0.4, -0.2) is 19.6 Å². The van der Waals surface area contributed by atoms with Crippen LogP contribution in [0.3, 0.4) is 0 Å². The molecule has 0 aromatic heterocycles. The molecular formula is C19H20N2. The summed E-state index contributed by atoms with van der Waals surface area (Å²) in [6.07, 6.45) is 15.3. The maximum atomic E-state index is 3.52. The van der Waals surface area contributed by atoms with E-state index < -0.39 is 0 Å². The highest BCUT2D eigenvalue weighted by atomic mass is 14.9. The summed E-state index contributed by atoms with van der Waals surface area (Å²) in [5.41, 5.74) is 11.0. The third-order valence-electron chi connectivity index (χ3n) is 5.51. The molecule has 2 nitrogen and oxygen atoms in total. The zero-order chi connectivity index (χ0) is 13.8. The average molecular weight is 276 g/mol. The lowest BCUT2D eigenvalue weighted by Crippen LogP contribution is -2.28. The first kappa shape index (κ1) is 11.8. The van der Waals surface area contributed by atoms with Gasteiger partial charge in [0.1, 0.15) is 0 Å². The fraction of sp³-hybridized carbons (Fsp3) is 0.368. The topological polar surface area (TPSA) is 24.1 Å². The standard InChI is InChI=1S/C19H20N2/c1-2-18-16(14-5-7-20-10-12(1)14)3-4-17-15-6-8-21-11-13(15)9-19(17)18/h3-4,6,8-9,19-21H,1-2,5,7,10-11H2. The van der Waals surface area contributed by atoms with Crippen LogP contribution in [0.5, 0.6) is 0 Å². The summed E-state index contributed by atoms with van der Waals surface area (Å²) < 4.78 is 0. The molecule has 2 heteroatoms. The molecule has 0 bridgehead atoms. The van der Waals surface area contributed by atoms with Gasteiger partial charge in [-0.3, -0.25) is 0 Å². The number of nitrogens with one attached hydrogen (secondary N) is 2. The molecule has 1 atom stereocenters. The Kier molecular flexibility index (Phi) is 2.45. The van der Waals surface area contributed by atoms with Gasteiger partial charge in [0.05, 0.1) is 0 Å². The van der Waals surface area contributed by atoms with Gasteiger partial charge in [-0.05, 0) is 65.9 Å². The zero-order valence-electron chi connectivity index (χ0n) is 12.2. The molecule has 21 heavy (non-hydrogen) atoms. The van der Waals surface area contributed by atoms with Crippen molar-refractivity contribution in [2.24, 2.45) is 5.92 Å². The molecule has 2 aliphatic heterocycles. The largest absolute Gasteiger partial charge is 0.387 e. The van der Waals surface area contributed by atoms with Crippen LogP contribution in [0.15, 0.2) is 69.5 Å². The molecule has 106 valence electrons. The van der Waals surface area contributed by atoms with Gasteiger partial charge in [0.25, 0.3) is 0 Å². The minimum Gasteiger partial charge on any atom is -0.387 e. The number of hydrogen-bond acceptors (Lipinski definition) is 2. The van der Waals surface area contributed by atoms with Crippen molar-refractivity contribution in [1.82, 2.24) is 10.6 Å². The van der Waals surface area contributed by atoms with E-state index in [1.54, 1.807) is 22.3 Å². The van der Waals surface area contributed by atoms with Gasteiger partial charge in [0, 0.05) is 19.0 Å². The normalized spacial score (nSPS) is 29.7. The van der Waals surface area contributed by atoms with Crippen molar-refractivity contribution in [2.75, 3.05) is 19.6 Å². The van der Waals surface area contributed by atoms with E-state index in [0.717, 1.165) is 19.6 Å². The van der Waals surface area contributed by atoms with Gasteiger partial charge < -0.3 is 10.6 Å². The predicted octanol–water partition coefficient (Wildman–Crippen LogP) is 2.91. The molecule has 0 fully saturated rings. The third-order valence-corrected chi connectivity index (χ3v) is 5.51. The third kappa shape index (κ3) is 1.63. The van der Waals surface area contributed by atoms with Gasteiger partial charge in [-0.15, -0.1) is 0 Å². The molecule has 0 aromatic rings. The highest BCUT2D eigenvalue weighted by Crippen LogP contribution is 2.47. The molecule has 5 aliphatic rings. The summed E-state index contributed by atoms with van der Waals surface area (Å²) in [6.45, 7) is 3.22. The summed E-state index contributed by atoms with van der Waals surface area (Å²) in [5, 5.41) is 6.87. The molecule has 3 aliphatic carbocycles. The van der Waals surface area contributed by atoms with Gasteiger partial charge >= 0.3 is 0 Å². The smallest absolute Gasteiger partial charge is 0.0398 e. The Bertz CT molecular complexity index is 710. The highest BCUT2D eigenvalue weighted by molar-refractivity contribution is 5.66. The van der Waals surface area contributed by atoms with Crippen LogP contribution in [0.25, 0.3) is 0 Å².